The van der Waals surface area contributed by atoms with Gasteiger partial charge in [0.1, 0.15) is 0 Å². The number of nitrogens with zero attached hydrogens (tertiary/aromatic N) is 2. The van der Waals surface area contributed by atoms with Crippen molar-refractivity contribution in [2.24, 2.45) is 0 Å². The summed E-state index contributed by atoms with van der Waals surface area (Å²) >= 11 is 1.94. The lowest BCUT2D eigenvalue weighted by Crippen LogP contribution is -2.60. The predicted molar refractivity (Wildman–Crippen MR) is 161 cm³/mol. The Hall–Kier alpha value is -4.28. The van der Waals surface area contributed by atoms with E-state index in [9.17, 15) is 0 Å². The third-order valence-corrected chi connectivity index (χ3v) is 8.87. The largest absolute Gasteiger partial charge is 0.311 e. The summed E-state index contributed by atoms with van der Waals surface area (Å²) in [4.78, 5) is 4.97. The second kappa shape index (κ2) is 7.86. The van der Waals surface area contributed by atoms with Crippen LogP contribution in [0.4, 0.5) is 34.1 Å². The van der Waals surface area contributed by atoms with E-state index in [0.29, 0.717) is 0 Å². The number of hydrogen-bond acceptors (Lipinski definition) is 3. The van der Waals surface area contributed by atoms with E-state index in [1.54, 1.807) is 0 Å². The van der Waals surface area contributed by atoms with Crippen molar-refractivity contribution in [1.29, 1.82) is 0 Å². The molecule has 4 heteroatoms. The third-order valence-electron chi connectivity index (χ3n) is 7.65. The summed E-state index contributed by atoms with van der Waals surface area (Å²) < 4.78 is 2.75. The predicted octanol–water partition coefficient (Wildman–Crippen LogP) is 7.29. The smallest absolute Gasteiger partial charge is 0.264 e. The van der Waals surface area contributed by atoms with Gasteiger partial charge in [0.25, 0.3) is 6.71 Å². The molecule has 8 rings (SSSR count). The monoisotopic (exact) mass is 490 g/mol. The maximum atomic E-state index is 2.51. The molecule has 0 unspecified atom stereocenters. The first-order valence-electron chi connectivity index (χ1n) is 12.7. The summed E-state index contributed by atoms with van der Waals surface area (Å²) in [7, 11) is 0. The van der Waals surface area contributed by atoms with Crippen LogP contribution in [-0.4, -0.2) is 6.71 Å². The fourth-order valence-electron chi connectivity index (χ4n) is 6.22. The second-order valence-corrected chi connectivity index (χ2v) is 10.9. The van der Waals surface area contributed by atoms with Crippen LogP contribution in [0.25, 0.3) is 10.1 Å². The summed E-state index contributed by atoms with van der Waals surface area (Å²) in [5, 5.41) is 1.32. The van der Waals surface area contributed by atoms with Crippen LogP contribution < -0.4 is 25.5 Å². The maximum Gasteiger partial charge on any atom is 0.264 e. The Morgan fingerprint density at radius 2 is 1.19 bits per heavy atom. The lowest BCUT2D eigenvalue weighted by Gasteiger charge is -2.43. The molecule has 0 N–H and O–H groups in total. The number of anilines is 6. The van der Waals surface area contributed by atoms with Crippen LogP contribution in [0.5, 0.6) is 0 Å². The van der Waals surface area contributed by atoms with Crippen molar-refractivity contribution in [2.45, 2.75) is 6.92 Å². The molecule has 2 aliphatic heterocycles. The molecule has 0 amide bonds. The number of para-hydroxylation sites is 3. The zero-order chi connectivity index (χ0) is 24.5. The van der Waals surface area contributed by atoms with E-state index in [-0.39, 0.29) is 6.71 Å². The van der Waals surface area contributed by atoms with Gasteiger partial charge in [0, 0.05) is 43.3 Å². The zero-order valence-electron chi connectivity index (χ0n) is 20.4. The number of benzene rings is 5. The first kappa shape index (κ1) is 20.9. The molecule has 0 radical (unpaired) electrons. The van der Waals surface area contributed by atoms with Crippen LogP contribution in [-0.2, 0) is 0 Å². The lowest BCUT2D eigenvalue weighted by atomic mass is 9.36. The number of thiophene rings is 1. The summed E-state index contributed by atoms with van der Waals surface area (Å²) in [5.41, 5.74) is 11.5. The first-order chi connectivity index (χ1) is 18.3. The van der Waals surface area contributed by atoms with E-state index in [4.69, 9.17) is 0 Å². The molecule has 2 aliphatic rings. The normalized spacial score (nSPS) is 13.4. The second-order valence-electron chi connectivity index (χ2n) is 9.86. The SMILES string of the molecule is Cc1cc2c3c(c1)N(c1ccccc1)c1c(sc4ccccc14)B3c1ccccc1N2c1ccccc1. The van der Waals surface area contributed by atoms with E-state index in [2.05, 4.69) is 138 Å². The summed E-state index contributed by atoms with van der Waals surface area (Å²) in [6.45, 7) is 2.41. The molecule has 2 nitrogen and oxygen atoms in total. The van der Waals surface area contributed by atoms with E-state index in [0.717, 1.165) is 0 Å². The Balaban J connectivity index is 1.53. The molecule has 0 spiro atoms. The van der Waals surface area contributed by atoms with Crippen molar-refractivity contribution < 1.29 is 0 Å². The maximum absolute atomic E-state index is 2.51. The highest BCUT2D eigenvalue weighted by Crippen LogP contribution is 2.47. The molecule has 0 saturated carbocycles. The van der Waals surface area contributed by atoms with Gasteiger partial charge in [-0.1, -0.05) is 72.8 Å². The molecule has 0 saturated heterocycles. The average Bonchev–Trinajstić information content (AvgIpc) is 3.33. The van der Waals surface area contributed by atoms with Gasteiger partial charge >= 0.3 is 0 Å². The minimum Gasteiger partial charge on any atom is -0.311 e. The zero-order valence-corrected chi connectivity index (χ0v) is 21.2. The van der Waals surface area contributed by atoms with E-state index in [1.807, 2.05) is 11.3 Å². The summed E-state index contributed by atoms with van der Waals surface area (Å²) in [6, 6.07) is 44.2. The molecule has 3 heterocycles. The van der Waals surface area contributed by atoms with Crippen molar-refractivity contribution in [2.75, 3.05) is 9.80 Å². The Morgan fingerprint density at radius 1 is 0.595 bits per heavy atom. The number of hydrogen-bond donors (Lipinski definition) is 0. The van der Waals surface area contributed by atoms with Crippen molar-refractivity contribution in [3.8, 4) is 0 Å². The quantitative estimate of drug-likeness (QED) is 0.235. The number of rotatable bonds is 2. The highest BCUT2D eigenvalue weighted by Gasteiger charge is 2.44. The number of aryl methyl sites for hydroxylation is 1. The van der Waals surface area contributed by atoms with Crippen LogP contribution in [0.3, 0.4) is 0 Å². The van der Waals surface area contributed by atoms with Gasteiger partial charge in [0.15, 0.2) is 0 Å². The Labute approximate surface area is 221 Å². The molecule has 0 bridgehead atoms. The fraction of sp³-hybridized carbons (Fsp3) is 0.0303. The molecular formula is C33H23BN2S. The minimum absolute atomic E-state index is 0.189. The molecule has 37 heavy (non-hydrogen) atoms. The highest BCUT2D eigenvalue weighted by atomic mass is 32.1. The molecule has 0 aliphatic carbocycles. The Morgan fingerprint density at radius 3 is 1.95 bits per heavy atom. The lowest BCUT2D eigenvalue weighted by molar-refractivity contribution is 1.25. The van der Waals surface area contributed by atoms with Gasteiger partial charge in [0.05, 0.1) is 5.69 Å². The highest BCUT2D eigenvalue weighted by molar-refractivity contribution is 7.33. The fourth-order valence-corrected chi connectivity index (χ4v) is 7.54. The Bertz CT molecular complexity index is 1810. The Kier molecular flexibility index (Phi) is 4.43. The van der Waals surface area contributed by atoms with Crippen molar-refractivity contribution in [3.05, 3.63) is 127 Å². The molecule has 1 aromatic heterocycles. The topological polar surface area (TPSA) is 6.48 Å². The van der Waals surface area contributed by atoms with Gasteiger partial charge in [0.2, 0.25) is 0 Å². The van der Waals surface area contributed by atoms with Crippen molar-refractivity contribution >= 4 is 78.0 Å². The summed E-state index contributed by atoms with van der Waals surface area (Å²) in [6.07, 6.45) is 0. The minimum atomic E-state index is 0.189. The van der Waals surface area contributed by atoms with Gasteiger partial charge in [-0.2, -0.15) is 0 Å². The standard InChI is InChI=1S/C33H23BN2S/c1-22-20-28-31-29(21-22)36(24-14-6-3-7-15-24)32-25-16-8-11-19-30(25)37-33(32)34(31)26-17-9-10-18-27(26)35(28)23-12-4-2-5-13-23/h2-21H,1H3. The van der Waals surface area contributed by atoms with Crippen LogP contribution in [0.1, 0.15) is 5.56 Å². The third kappa shape index (κ3) is 2.94. The van der Waals surface area contributed by atoms with Gasteiger partial charge < -0.3 is 9.80 Å². The van der Waals surface area contributed by atoms with Gasteiger partial charge in [-0.25, -0.2) is 0 Å². The number of fused-ring (bicyclic) bond motifs is 6. The molecule has 6 aromatic rings. The first-order valence-corrected chi connectivity index (χ1v) is 13.6. The van der Waals surface area contributed by atoms with E-state index in [1.165, 1.54) is 65.5 Å². The summed E-state index contributed by atoms with van der Waals surface area (Å²) in [5.74, 6) is 0. The van der Waals surface area contributed by atoms with Gasteiger partial charge in [-0.3, -0.25) is 0 Å². The molecule has 174 valence electrons. The average molecular weight is 490 g/mol. The molecule has 0 atom stereocenters. The molecular weight excluding hydrogens is 467 g/mol. The van der Waals surface area contributed by atoms with E-state index < -0.39 is 0 Å². The van der Waals surface area contributed by atoms with Crippen LogP contribution in [0.15, 0.2) is 121 Å². The van der Waals surface area contributed by atoms with Crippen LogP contribution in [0, 0.1) is 6.92 Å². The van der Waals surface area contributed by atoms with Crippen LogP contribution in [0.2, 0.25) is 0 Å². The van der Waals surface area contributed by atoms with Crippen LogP contribution >= 0.6 is 11.3 Å². The molecule has 0 fully saturated rings. The molecule has 5 aromatic carbocycles. The van der Waals surface area contributed by atoms with E-state index >= 15 is 0 Å². The van der Waals surface area contributed by atoms with Gasteiger partial charge in [-0.05, 0) is 71.9 Å². The van der Waals surface area contributed by atoms with Crippen molar-refractivity contribution in [1.82, 2.24) is 0 Å². The van der Waals surface area contributed by atoms with Gasteiger partial charge in [-0.15, -0.1) is 11.3 Å². The van der Waals surface area contributed by atoms with Crippen molar-refractivity contribution in [3.63, 3.8) is 0 Å².